The molecule has 0 fully saturated rings. The number of anilines is 1. The molecule has 1 atom stereocenters. The topological polar surface area (TPSA) is 43.3 Å². The number of nitrogens with zero attached hydrogens (tertiary/aromatic N) is 1. The lowest BCUT2D eigenvalue weighted by Gasteiger charge is -2.20. The predicted molar refractivity (Wildman–Crippen MR) is 99.9 cm³/mol. The number of aromatic nitrogens is 1. The third-order valence-electron chi connectivity index (χ3n) is 4.01. The number of hydrogen-bond acceptors (Lipinski definition) is 2. The molecule has 0 radical (unpaired) electrons. The summed E-state index contributed by atoms with van der Waals surface area (Å²) in [7, 11) is 0. The molecular weight excluding hydrogens is 312 g/mol. The van der Waals surface area contributed by atoms with E-state index in [0.29, 0.717) is 24.5 Å². The third-order valence-corrected chi connectivity index (χ3v) is 4.01. The van der Waals surface area contributed by atoms with Gasteiger partial charge in [-0.1, -0.05) is 42.5 Å². The molecule has 0 aliphatic rings. The molecule has 1 heterocycles. The highest BCUT2D eigenvalue weighted by atomic mass is 16.5. The minimum absolute atomic E-state index is 0.0459. The molecule has 1 amide bonds. The Morgan fingerprint density at radius 3 is 2.40 bits per heavy atom. The van der Waals surface area contributed by atoms with Crippen molar-refractivity contribution in [2.45, 2.75) is 19.4 Å². The van der Waals surface area contributed by atoms with Crippen LogP contribution in [0.2, 0.25) is 0 Å². The van der Waals surface area contributed by atoms with Crippen LogP contribution in [0.1, 0.15) is 24.9 Å². The summed E-state index contributed by atoms with van der Waals surface area (Å²) in [4.78, 5) is 12.7. The second-order valence-electron chi connectivity index (χ2n) is 5.74. The van der Waals surface area contributed by atoms with Crippen LogP contribution >= 0.6 is 0 Å². The van der Waals surface area contributed by atoms with Crippen LogP contribution in [0.5, 0.6) is 5.75 Å². The fourth-order valence-corrected chi connectivity index (χ4v) is 2.85. The van der Waals surface area contributed by atoms with Gasteiger partial charge in [0.1, 0.15) is 5.75 Å². The Morgan fingerprint density at radius 2 is 1.68 bits per heavy atom. The van der Waals surface area contributed by atoms with E-state index in [0.717, 1.165) is 5.56 Å². The van der Waals surface area contributed by atoms with Gasteiger partial charge in [0.2, 0.25) is 5.91 Å². The number of hydrogen-bond donors (Lipinski definition) is 1. The van der Waals surface area contributed by atoms with Crippen molar-refractivity contribution < 1.29 is 9.53 Å². The van der Waals surface area contributed by atoms with Crippen LogP contribution in [-0.4, -0.2) is 17.1 Å². The Labute approximate surface area is 148 Å². The number of rotatable bonds is 7. The highest BCUT2D eigenvalue weighted by Gasteiger charge is 2.18. The summed E-state index contributed by atoms with van der Waals surface area (Å²) in [6.07, 6.45) is 4.32. The van der Waals surface area contributed by atoms with Gasteiger partial charge >= 0.3 is 0 Å². The van der Waals surface area contributed by atoms with E-state index in [1.165, 1.54) is 0 Å². The van der Waals surface area contributed by atoms with Gasteiger partial charge in [0.05, 0.1) is 24.8 Å². The van der Waals surface area contributed by atoms with Crippen molar-refractivity contribution in [2.75, 3.05) is 11.9 Å². The zero-order valence-corrected chi connectivity index (χ0v) is 14.3. The van der Waals surface area contributed by atoms with Crippen LogP contribution < -0.4 is 10.1 Å². The summed E-state index contributed by atoms with van der Waals surface area (Å²) >= 11 is 0. The normalized spacial score (nSPS) is 11.7. The van der Waals surface area contributed by atoms with E-state index < -0.39 is 0 Å². The van der Waals surface area contributed by atoms with Crippen LogP contribution in [0.4, 0.5) is 5.69 Å². The molecule has 0 saturated carbocycles. The summed E-state index contributed by atoms with van der Waals surface area (Å²) in [5.74, 6) is 0.644. The van der Waals surface area contributed by atoms with Gasteiger partial charge in [-0.15, -0.1) is 0 Å². The van der Waals surface area contributed by atoms with E-state index >= 15 is 0 Å². The zero-order chi connectivity index (χ0) is 17.5. The second kappa shape index (κ2) is 8.20. The zero-order valence-electron chi connectivity index (χ0n) is 14.3. The minimum Gasteiger partial charge on any atom is -0.492 e. The lowest BCUT2D eigenvalue weighted by Crippen LogP contribution is -2.20. The molecule has 0 aliphatic heterocycles. The lowest BCUT2D eigenvalue weighted by atomic mass is 10.0. The number of nitrogens with one attached hydrogen (secondary N) is 1. The van der Waals surface area contributed by atoms with Gasteiger partial charge < -0.3 is 14.6 Å². The van der Waals surface area contributed by atoms with Crippen molar-refractivity contribution in [3.63, 3.8) is 0 Å². The first-order valence-corrected chi connectivity index (χ1v) is 8.47. The lowest BCUT2D eigenvalue weighted by molar-refractivity contribution is -0.116. The van der Waals surface area contributed by atoms with Gasteiger partial charge in [-0.25, -0.2) is 0 Å². The van der Waals surface area contributed by atoms with Crippen LogP contribution in [0.25, 0.3) is 0 Å². The summed E-state index contributed by atoms with van der Waals surface area (Å²) in [5, 5.41) is 2.98. The fourth-order valence-electron chi connectivity index (χ4n) is 2.85. The van der Waals surface area contributed by atoms with Crippen molar-refractivity contribution in [1.29, 1.82) is 0 Å². The van der Waals surface area contributed by atoms with E-state index in [2.05, 4.69) is 9.88 Å². The Kier molecular flexibility index (Phi) is 5.52. The Morgan fingerprint density at radius 1 is 1.00 bits per heavy atom. The molecule has 0 saturated heterocycles. The summed E-state index contributed by atoms with van der Waals surface area (Å²) < 4.78 is 7.64. The molecular formula is C21H22N2O2. The van der Waals surface area contributed by atoms with E-state index in [9.17, 15) is 4.79 Å². The molecule has 4 nitrogen and oxygen atoms in total. The molecule has 3 aromatic rings. The van der Waals surface area contributed by atoms with Gasteiger partial charge in [-0.05, 0) is 36.8 Å². The van der Waals surface area contributed by atoms with E-state index in [-0.39, 0.29) is 11.9 Å². The maximum atomic E-state index is 12.7. The molecule has 128 valence electrons. The molecule has 1 N–H and O–H groups in total. The molecule has 4 heteroatoms. The van der Waals surface area contributed by atoms with Gasteiger partial charge in [0.25, 0.3) is 0 Å². The van der Waals surface area contributed by atoms with Gasteiger partial charge in [0.15, 0.2) is 0 Å². The van der Waals surface area contributed by atoms with Gasteiger partial charge in [0, 0.05) is 12.4 Å². The largest absolute Gasteiger partial charge is 0.492 e. The number of carbonyl (C=O) groups is 1. The van der Waals surface area contributed by atoms with Crippen molar-refractivity contribution in [1.82, 2.24) is 4.57 Å². The van der Waals surface area contributed by atoms with Crippen LogP contribution in [0.15, 0.2) is 79.1 Å². The Balaban J connectivity index is 1.78. The molecule has 1 unspecified atom stereocenters. The maximum absolute atomic E-state index is 12.7. The molecule has 2 aromatic carbocycles. The molecule has 25 heavy (non-hydrogen) atoms. The number of ether oxygens (including phenoxy) is 1. The molecule has 3 rings (SSSR count). The maximum Gasteiger partial charge on any atom is 0.226 e. The quantitative estimate of drug-likeness (QED) is 0.691. The number of amides is 1. The Bertz CT molecular complexity index is 798. The molecule has 0 aliphatic carbocycles. The van der Waals surface area contributed by atoms with Gasteiger partial charge in [-0.2, -0.15) is 0 Å². The SMILES string of the molecule is CCOc1ccccc1NC(=O)CC(c1ccccc1)n1cccc1. The first kappa shape index (κ1) is 16.8. The summed E-state index contributed by atoms with van der Waals surface area (Å²) in [5.41, 5.74) is 1.81. The Hall–Kier alpha value is -3.01. The second-order valence-corrected chi connectivity index (χ2v) is 5.74. The van der Waals surface area contributed by atoms with Crippen molar-refractivity contribution in [2.24, 2.45) is 0 Å². The van der Waals surface area contributed by atoms with Crippen molar-refractivity contribution >= 4 is 11.6 Å². The first-order chi connectivity index (χ1) is 12.3. The molecule has 1 aromatic heterocycles. The van der Waals surface area contributed by atoms with Crippen LogP contribution in [-0.2, 0) is 4.79 Å². The first-order valence-electron chi connectivity index (χ1n) is 8.47. The molecule has 0 spiro atoms. The fraction of sp³-hybridized carbons (Fsp3) is 0.190. The third kappa shape index (κ3) is 4.29. The smallest absolute Gasteiger partial charge is 0.226 e. The number of para-hydroxylation sites is 2. The highest BCUT2D eigenvalue weighted by Crippen LogP contribution is 2.26. The van der Waals surface area contributed by atoms with Crippen molar-refractivity contribution in [3.8, 4) is 5.75 Å². The minimum atomic E-state index is -0.0466. The monoisotopic (exact) mass is 334 g/mol. The highest BCUT2D eigenvalue weighted by molar-refractivity contribution is 5.92. The van der Waals surface area contributed by atoms with Gasteiger partial charge in [-0.3, -0.25) is 4.79 Å². The average molecular weight is 334 g/mol. The van der Waals surface area contributed by atoms with Crippen LogP contribution in [0, 0.1) is 0 Å². The van der Waals surface area contributed by atoms with Crippen LogP contribution in [0.3, 0.4) is 0 Å². The van der Waals surface area contributed by atoms with E-state index in [1.54, 1.807) is 0 Å². The average Bonchev–Trinajstić information content (AvgIpc) is 3.17. The van der Waals surface area contributed by atoms with E-state index in [1.807, 2.05) is 86.0 Å². The molecule has 0 bridgehead atoms. The van der Waals surface area contributed by atoms with E-state index in [4.69, 9.17) is 4.74 Å². The summed E-state index contributed by atoms with van der Waals surface area (Å²) in [6, 6.07) is 21.5. The standard InChI is InChI=1S/C21H22N2O2/c1-2-25-20-13-7-6-12-18(20)22-21(24)16-19(23-14-8-9-15-23)17-10-4-3-5-11-17/h3-15,19H,2,16H2,1H3,(H,22,24). The number of benzene rings is 2. The number of carbonyl (C=O) groups excluding carboxylic acids is 1. The van der Waals surface area contributed by atoms with Crippen molar-refractivity contribution in [3.05, 3.63) is 84.7 Å². The summed E-state index contributed by atoms with van der Waals surface area (Å²) in [6.45, 7) is 2.49. The predicted octanol–water partition coefficient (Wildman–Crippen LogP) is 4.51.